The molecular weight excluding hydrogens is 496 g/mol. The Kier molecular flexibility index (Phi) is 13.6. The summed E-state index contributed by atoms with van der Waals surface area (Å²) in [5.41, 5.74) is 0.956. The van der Waals surface area contributed by atoms with Crippen molar-refractivity contribution in [2.75, 3.05) is 32.9 Å². The van der Waals surface area contributed by atoms with Gasteiger partial charge in [0.15, 0.2) is 11.6 Å². The van der Waals surface area contributed by atoms with Crippen molar-refractivity contribution in [3.63, 3.8) is 0 Å². The molecule has 1 heterocycles. The molecule has 8 heteroatoms. The SMILES string of the molecule is CCCCCC(=O)C(=O)C(COCc1ccccc1)CC(=O)[C@H](CC1CCCCC1)NC(=O)N1CCOCC1. The third-order valence-corrected chi connectivity index (χ3v) is 7.81. The molecule has 0 spiro atoms. The molecule has 1 saturated heterocycles. The van der Waals surface area contributed by atoms with Crippen LogP contribution in [0, 0.1) is 11.8 Å². The molecule has 1 saturated carbocycles. The Morgan fingerprint density at radius 3 is 2.44 bits per heavy atom. The van der Waals surface area contributed by atoms with Gasteiger partial charge in [-0.2, -0.15) is 0 Å². The van der Waals surface area contributed by atoms with Gasteiger partial charge in [-0.25, -0.2) is 4.79 Å². The highest BCUT2D eigenvalue weighted by Gasteiger charge is 2.33. The average molecular weight is 543 g/mol. The van der Waals surface area contributed by atoms with E-state index in [9.17, 15) is 19.2 Å². The van der Waals surface area contributed by atoms with Gasteiger partial charge in [0.05, 0.1) is 38.4 Å². The average Bonchev–Trinajstić information content (AvgIpc) is 2.97. The minimum Gasteiger partial charge on any atom is -0.378 e. The minimum absolute atomic E-state index is 0.00740. The lowest BCUT2D eigenvalue weighted by atomic mass is 9.82. The fourth-order valence-electron chi connectivity index (χ4n) is 5.43. The van der Waals surface area contributed by atoms with E-state index in [0.29, 0.717) is 51.7 Å². The molecule has 1 aliphatic heterocycles. The Morgan fingerprint density at radius 2 is 1.74 bits per heavy atom. The van der Waals surface area contributed by atoms with E-state index in [-0.39, 0.29) is 31.3 Å². The number of ether oxygens (including phenoxy) is 2. The maximum Gasteiger partial charge on any atom is 0.318 e. The number of carbonyl (C=O) groups is 4. The van der Waals surface area contributed by atoms with Gasteiger partial charge in [0.25, 0.3) is 0 Å². The molecule has 0 aromatic heterocycles. The van der Waals surface area contributed by atoms with Crippen molar-refractivity contribution < 1.29 is 28.7 Å². The second kappa shape index (κ2) is 17.2. The highest BCUT2D eigenvalue weighted by Crippen LogP contribution is 2.28. The van der Waals surface area contributed by atoms with Crippen LogP contribution < -0.4 is 5.32 Å². The molecule has 1 N–H and O–H groups in total. The Hall–Kier alpha value is -2.58. The van der Waals surface area contributed by atoms with Crippen molar-refractivity contribution in [2.24, 2.45) is 11.8 Å². The number of ketones is 3. The second-order valence-electron chi connectivity index (χ2n) is 11.0. The molecule has 0 bridgehead atoms. The van der Waals surface area contributed by atoms with E-state index in [4.69, 9.17) is 9.47 Å². The number of benzene rings is 1. The highest BCUT2D eigenvalue weighted by molar-refractivity contribution is 6.38. The number of carbonyl (C=O) groups excluding carboxylic acids is 4. The molecule has 1 aromatic carbocycles. The van der Waals surface area contributed by atoms with Crippen molar-refractivity contribution in [1.29, 1.82) is 0 Å². The number of amides is 2. The molecule has 1 aromatic rings. The van der Waals surface area contributed by atoms with Crippen molar-refractivity contribution in [2.45, 2.75) is 90.2 Å². The Bertz CT molecular complexity index is 909. The number of urea groups is 1. The first-order valence-corrected chi connectivity index (χ1v) is 14.8. The molecule has 2 fully saturated rings. The van der Waals surface area contributed by atoms with Gasteiger partial charge in [0.1, 0.15) is 0 Å². The zero-order valence-electron chi connectivity index (χ0n) is 23.5. The van der Waals surface area contributed by atoms with Gasteiger partial charge in [-0.05, 0) is 24.3 Å². The van der Waals surface area contributed by atoms with E-state index in [1.165, 1.54) is 6.42 Å². The Balaban J connectivity index is 1.69. The van der Waals surface area contributed by atoms with E-state index in [1.807, 2.05) is 37.3 Å². The van der Waals surface area contributed by atoms with Crippen LogP contribution in [0.15, 0.2) is 30.3 Å². The van der Waals surface area contributed by atoms with Crippen LogP contribution in [0.3, 0.4) is 0 Å². The van der Waals surface area contributed by atoms with Gasteiger partial charge in [-0.1, -0.05) is 82.2 Å². The second-order valence-corrected chi connectivity index (χ2v) is 11.0. The van der Waals surface area contributed by atoms with Crippen LogP contribution in [0.2, 0.25) is 0 Å². The predicted octanol–water partition coefficient (Wildman–Crippen LogP) is 4.88. The van der Waals surface area contributed by atoms with E-state index in [0.717, 1.165) is 44.1 Å². The maximum atomic E-state index is 13.7. The molecular formula is C31H46N2O6. The van der Waals surface area contributed by atoms with E-state index >= 15 is 0 Å². The molecule has 0 radical (unpaired) electrons. The normalized spacial score (nSPS) is 17.8. The summed E-state index contributed by atoms with van der Waals surface area (Å²) in [5.74, 6) is -1.68. The van der Waals surface area contributed by atoms with Crippen molar-refractivity contribution in [3.8, 4) is 0 Å². The first kappa shape index (κ1) is 31.0. The summed E-state index contributed by atoms with van der Waals surface area (Å²) in [6.07, 6.45) is 8.66. The zero-order valence-corrected chi connectivity index (χ0v) is 23.5. The minimum atomic E-state index is -0.857. The maximum absolute atomic E-state index is 13.7. The first-order valence-electron chi connectivity index (χ1n) is 14.8. The molecule has 1 unspecified atom stereocenters. The van der Waals surface area contributed by atoms with E-state index < -0.39 is 23.5 Å². The number of nitrogens with zero attached hydrogens (tertiary/aromatic N) is 1. The van der Waals surface area contributed by atoms with Gasteiger partial charge in [-0.15, -0.1) is 0 Å². The Morgan fingerprint density at radius 1 is 1.03 bits per heavy atom. The standard InChI is InChI=1S/C31H46N2O6/c1-2-3-6-15-28(34)30(36)26(23-39-22-25-13-9-5-10-14-25)21-29(35)27(20-24-11-7-4-8-12-24)32-31(37)33-16-18-38-19-17-33/h5,9-10,13-14,24,26-27H,2-4,6-8,11-12,15-23H2,1H3,(H,32,37)/t26?,27-/m0/s1. The molecule has 3 rings (SSSR count). The number of morpholine rings is 1. The van der Waals surface area contributed by atoms with Gasteiger partial charge in [0.2, 0.25) is 5.78 Å². The predicted molar refractivity (Wildman–Crippen MR) is 149 cm³/mol. The lowest BCUT2D eigenvalue weighted by Gasteiger charge is -2.31. The van der Waals surface area contributed by atoms with Crippen LogP contribution >= 0.6 is 0 Å². The number of rotatable bonds is 16. The number of hydrogen-bond acceptors (Lipinski definition) is 6. The molecule has 216 valence electrons. The van der Waals surface area contributed by atoms with Crippen LogP contribution in [0.1, 0.15) is 83.1 Å². The molecule has 8 nitrogen and oxygen atoms in total. The van der Waals surface area contributed by atoms with Crippen molar-refractivity contribution in [3.05, 3.63) is 35.9 Å². The van der Waals surface area contributed by atoms with E-state index in [2.05, 4.69) is 5.32 Å². The molecule has 2 amide bonds. The van der Waals surface area contributed by atoms with Crippen molar-refractivity contribution in [1.82, 2.24) is 10.2 Å². The largest absolute Gasteiger partial charge is 0.378 e. The van der Waals surface area contributed by atoms with Crippen LogP contribution in [-0.2, 0) is 30.5 Å². The number of nitrogens with one attached hydrogen (secondary N) is 1. The monoisotopic (exact) mass is 542 g/mol. The molecule has 2 aliphatic rings. The Labute approximate surface area is 233 Å². The third kappa shape index (κ3) is 10.8. The fourth-order valence-corrected chi connectivity index (χ4v) is 5.43. The fraction of sp³-hybridized carbons (Fsp3) is 0.677. The summed E-state index contributed by atoms with van der Waals surface area (Å²) in [5, 5.41) is 2.98. The van der Waals surface area contributed by atoms with Crippen LogP contribution in [0.25, 0.3) is 0 Å². The topological polar surface area (TPSA) is 102 Å². The van der Waals surface area contributed by atoms with E-state index in [1.54, 1.807) is 4.90 Å². The smallest absolute Gasteiger partial charge is 0.318 e. The molecule has 2 atom stereocenters. The molecule has 1 aliphatic carbocycles. The van der Waals surface area contributed by atoms with Crippen molar-refractivity contribution >= 4 is 23.4 Å². The van der Waals surface area contributed by atoms with Gasteiger partial charge in [-0.3, -0.25) is 14.4 Å². The summed E-state index contributed by atoms with van der Waals surface area (Å²) in [4.78, 5) is 54.3. The highest BCUT2D eigenvalue weighted by atomic mass is 16.5. The summed E-state index contributed by atoms with van der Waals surface area (Å²) in [6.45, 7) is 4.25. The van der Waals surface area contributed by atoms with Crippen LogP contribution in [-0.4, -0.2) is 67.2 Å². The number of Topliss-reactive ketones (excluding diaryl/α,β-unsaturated/α-hetero) is 3. The quantitative estimate of drug-likeness (QED) is 0.236. The van der Waals surface area contributed by atoms with Gasteiger partial charge < -0.3 is 19.7 Å². The molecule has 39 heavy (non-hydrogen) atoms. The van der Waals surface area contributed by atoms with Gasteiger partial charge >= 0.3 is 6.03 Å². The summed E-state index contributed by atoms with van der Waals surface area (Å²) >= 11 is 0. The summed E-state index contributed by atoms with van der Waals surface area (Å²) < 4.78 is 11.2. The first-order chi connectivity index (χ1) is 19.0. The van der Waals surface area contributed by atoms with Crippen LogP contribution in [0.4, 0.5) is 4.79 Å². The third-order valence-electron chi connectivity index (χ3n) is 7.81. The van der Waals surface area contributed by atoms with Crippen LogP contribution in [0.5, 0.6) is 0 Å². The summed E-state index contributed by atoms with van der Waals surface area (Å²) in [6, 6.07) is 8.64. The zero-order chi connectivity index (χ0) is 27.9. The van der Waals surface area contributed by atoms with Gasteiger partial charge in [0, 0.05) is 25.9 Å². The lowest BCUT2D eigenvalue weighted by Crippen LogP contribution is -2.52. The summed E-state index contributed by atoms with van der Waals surface area (Å²) in [7, 11) is 0. The number of hydrogen-bond donors (Lipinski definition) is 1. The lowest BCUT2D eigenvalue weighted by molar-refractivity contribution is -0.141. The number of unbranched alkanes of at least 4 members (excludes halogenated alkanes) is 2.